The first kappa shape index (κ1) is 19.2. The molecule has 8 nitrogen and oxygen atoms in total. The molecule has 0 aromatic carbocycles. The quantitative estimate of drug-likeness (QED) is 0.620. The summed E-state index contributed by atoms with van der Waals surface area (Å²) in [7, 11) is -1.97. The fraction of sp³-hybridized carbons (Fsp3) is 0.235. The zero-order chi connectivity index (χ0) is 19.3. The SMILES string of the molecule is CN(CCCC(=O)Nc1cccnc1-n1cccn1)S(=O)(=O)c1cccs1. The van der Waals surface area contributed by atoms with E-state index in [0.29, 0.717) is 22.1 Å². The zero-order valence-electron chi connectivity index (χ0n) is 14.6. The average Bonchev–Trinajstić information content (AvgIpc) is 3.36. The highest BCUT2D eigenvalue weighted by atomic mass is 32.2. The monoisotopic (exact) mass is 405 g/mol. The zero-order valence-corrected chi connectivity index (χ0v) is 16.3. The van der Waals surface area contributed by atoms with E-state index in [-0.39, 0.29) is 18.9 Å². The van der Waals surface area contributed by atoms with Crippen LogP contribution in [0.2, 0.25) is 0 Å². The number of thiophene rings is 1. The van der Waals surface area contributed by atoms with Crippen molar-refractivity contribution in [3.8, 4) is 5.82 Å². The molecule has 0 aliphatic rings. The Morgan fingerprint density at radius 2 is 2.11 bits per heavy atom. The summed E-state index contributed by atoms with van der Waals surface area (Å²) in [6, 6.07) is 8.51. The van der Waals surface area contributed by atoms with Crippen LogP contribution >= 0.6 is 11.3 Å². The molecule has 10 heteroatoms. The van der Waals surface area contributed by atoms with E-state index in [4.69, 9.17) is 0 Å². The molecule has 3 aromatic rings. The van der Waals surface area contributed by atoms with Gasteiger partial charge >= 0.3 is 0 Å². The highest BCUT2D eigenvalue weighted by Crippen LogP contribution is 2.20. The van der Waals surface area contributed by atoms with Gasteiger partial charge in [-0.3, -0.25) is 4.79 Å². The normalized spacial score (nSPS) is 11.6. The van der Waals surface area contributed by atoms with Crippen LogP contribution in [0.1, 0.15) is 12.8 Å². The molecule has 3 rings (SSSR count). The van der Waals surface area contributed by atoms with Crippen LogP contribution in [0.5, 0.6) is 0 Å². The maximum absolute atomic E-state index is 12.4. The van der Waals surface area contributed by atoms with Gasteiger partial charge in [0.15, 0.2) is 5.82 Å². The number of hydrogen-bond donors (Lipinski definition) is 1. The topological polar surface area (TPSA) is 97.2 Å². The number of nitrogens with one attached hydrogen (secondary N) is 1. The summed E-state index contributed by atoms with van der Waals surface area (Å²) in [5.74, 6) is 0.312. The van der Waals surface area contributed by atoms with E-state index in [1.165, 1.54) is 22.7 Å². The Balaban J connectivity index is 1.55. The summed E-state index contributed by atoms with van der Waals surface area (Å²) in [5, 5.41) is 8.65. The summed E-state index contributed by atoms with van der Waals surface area (Å²) in [6.45, 7) is 0.257. The molecule has 0 aliphatic heterocycles. The lowest BCUT2D eigenvalue weighted by molar-refractivity contribution is -0.116. The minimum Gasteiger partial charge on any atom is -0.323 e. The maximum Gasteiger partial charge on any atom is 0.252 e. The van der Waals surface area contributed by atoms with Gasteiger partial charge in [0.25, 0.3) is 10.0 Å². The van der Waals surface area contributed by atoms with E-state index < -0.39 is 10.0 Å². The fourth-order valence-corrected chi connectivity index (χ4v) is 4.84. The molecular formula is C17H19N5O3S2. The lowest BCUT2D eigenvalue weighted by atomic mass is 10.3. The van der Waals surface area contributed by atoms with Crippen molar-refractivity contribution < 1.29 is 13.2 Å². The van der Waals surface area contributed by atoms with Crippen molar-refractivity contribution in [2.75, 3.05) is 18.9 Å². The Morgan fingerprint density at radius 3 is 2.81 bits per heavy atom. The predicted octanol–water partition coefficient (Wildman–Crippen LogP) is 2.37. The van der Waals surface area contributed by atoms with Gasteiger partial charge in [-0.15, -0.1) is 11.3 Å². The number of aromatic nitrogens is 3. The summed E-state index contributed by atoms with van der Waals surface area (Å²) < 4.78 is 27.8. The number of sulfonamides is 1. The van der Waals surface area contributed by atoms with E-state index in [1.807, 2.05) is 0 Å². The molecule has 0 saturated carbocycles. The lowest BCUT2D eigenvalue weighted by Crippen LogP contribution is -2.28. The Bertz CT molecular complexity index is 986. The Hall–Kier alpha value is -2.56. The molecule has 1 N–H and O–H groups in total. The number of carbonyl (C=O) groups excluding carboxylic acids is 1. The van der Waals surface area contributed by atoms with Gasteiger partial charge in [0, 0.05) is 38.6 Å². The Morgan fingerprint density at radius 1 is 1.26 bits per heavy atom. The maximum atomic E-state index is 12.4. The highest BCUT2D eigenvalue weighted by molar-refractivity contribution is 7.91. The molecule has 3 aromatic heterocycles. The smallest absolute Gasteiger partial charge is 0.252 e. The van der Waals surface area contributed by atoms with Crippen molar-refractivity contribution in [3.63, 3.8) is 0 Å². The number of amides is 1. The molecule has 3 heterocycles. The molecule has 27 heavy (non-hydrogen) atoms. The predicted molar refractivity (Wildman–Crippen MR) is 103 cm³/mol. The van der Waals surface area contributed by atoms with Crippen LogP contribution in [-0.2, 0) is 14.8 Å². The molecule has 0 saturated heterocycles. The molecule has 0 unspecified atom stereocenters. The molecule has 142 valence electrons. The van der Waals surface area contributed by atoms with Crippen molar-refractivity contribution in [3.05, 3.63) is 54.3 Å². The van der Waals surface area contributed by atoms with Crippen LogP contribution in [0.25, 0.3) is 5.82 Å². The second-order valence-corrected chi connectivity index (χ2v) is 8.96. The van der Waals surface area contributed by atoms with Crippen molar-refractivity contribution >= 4 is 33.0 Å². The number of carbonyl (C=O) groups is 1. The third-order valence-electron chi connectivity index (χ3n) is 3.82. The summed E-state index contributed by atoms with van der Waals surface area (Å²) in [6.07, 6.45) is 5.59. The second kappa shape index (κ2) is 8.42. The minimum absolute atomic E-state index is 0.192. The molecule has 0 spiro atoms. The van der Waals surface area contributed by atoms with Crippen LogP contribution in [0.3, 0.4) is 0 Å². The lowest BCUT2D eigenvalue weighted by Gasteiger charge is -2.16. The van der Waals surface area contributed by atoms with Gasteiger partial charge < -0.3 is 5.32 Å². The van der Waals surface area contributed by atoms with Crippen molar-refractivity contribution in [2.45, 2.75) is 17.1 Å². The van der Waals surface area contributed by atoms with Crippen molar-refractivity contribution in [1.29, 1.82) is 0 Å². The van der Waals surface area contributed by atoms with Crippen LogP contribution in [0.15, 0.2) is 58.5 Å². The number of pyridine rings is 1. The third-order valence-corrected chi connectivity index (χ3v) is 7.05. The van der Waals surface area contributed by atoms with Crippen LogP contribution in [0.4, 0.5) is 5.69 Å². The second-order valence-electron chi connectivity index (χ2n) is 5.74. The van der Waals surface area contributed by atoms with Gasteiger partial charge in [-0.2, -0.15) is 5.10 Å². The van der Waals surface area contributed by atoms with Gasteiger partial charge in [0.05, 0.1) is 5.69 Å². The number of hydrogen-bond acceptors (Lipinski definition) is 6. The van der Waals surface area contributed by atoms with Gasteiger partial charge in [-0.1, -0.05) is 6.07 Å². The van der Waals surface area contributed by atoms with Gasteiger partial charge in [0.1, 0.15) is 4.21 Å². The van der Waals surface area contributed by atoms with Crippen LogP contribution in [-0.4, -0.2) is 47.0 Å². The highest BCUT2D eigenvalue weighted by Gasteiger charge is 2.21. The molecule has 0 bridgehead atoms. The average molecular weight is 406 g/mol. The van der Waals surface area contributed by atoms with E-state index in [2.05, 4.69) is 15.4 Å². The Labute approximate surface area is 161 Å². The van der Waals surface area contributed by atoms with E-state index in [1.54, 1.807) is 59.0 Å². The molecule has 1 amide bonds. The van der Waals surface area contributed by atoms with Gasteiger partial charge in [-0.25, -0.2) is 22.4 Å². The standard InChI is InChI=1S/C17H19N5O3S2/c1-21(27(24,25)16-8-4-13-26-16)11-3-7-15(23)20-14-6-2-9-18-17(14)22-12-5-10-19-22/h2,4-6,8-10,12-13H,3,7,11H2,1H3,(H,20,23). The number of anilines is 1. The van der Waals surface area contributed by atoms with E-state index in [0.717, 1.165) is 0 Å². The minimum atomic E-state index is -3.49. The fourth-order valence-electron chi connectivity index (χ4n) is 2.43. The Kier molecular flexibility index (Phi) is 5.99. The van der Waals surface area contributed by atoms with Gasteiger partial charge in [-0.05, 0) is 36.1 Å². The van der Waals surface area contributed by atoms with E-state index >= 15 is 0 Å². The third kappa shape index (κ3) is 4.59. The van der Waals surface area contributed by atoms with E-state index in [9.17, 15) is 13.2 Å². The number of nitrogens with zero attached hydrogens (tertiary/aromatic N) is 4. The molecule has 0 aliphatic carbocycles. The first-order valence-electron chi connectivity index (χ1n) is 8.23. The van der Waals surface area contributed by atoms with Crippen LogP contribution < -0.4 is 5.32 Å². The van der Waals surface area contributed by atoms with Crippen LogP contribution in [0, 0.1) is 0 Å². The summed E-state index contributed by atoms with van der Waals surface area (Å²) >= 11 is 1.18. The first-order valence-corrected chi connectivity index (χ1v) is 10.5. The largest absolute Gasteiger partial charge is 0.323 e. The molecule has 0 radical (unpaired) electrons. The first-order chi connectivity index (χ1) is 13.0. The molecular weight excluding hydrogens is 386 g/mol. The molecule has 0 fully saturated rings. The summed E-state index contributed by atoms with van der Waals surface area (Å²) in [4.78, 5) is 16.5. The molecule has 0 atom stereocenters. The summed E-state index contributed by atoms with van der Waals surface area (Å²) in [5.41, 5.74) is 0.547. The number of rotatable bonds is 8. The van der Waals surface area contributed by atoms with Gasteiger partial charge in [0.2, 0.25) is 5.91 Å². The van der Waals surface area contributed by atoms with Crippen molar-refractivity contribution in [2.24, 2.45) is 0 Å². The van der Waals surface area contributed by atoms with Crippen molar-refractivity contribution in [1.82, 2.24) is 19.1 Å².